The fourth-order valence-electron chi connectivity index (χ4n) is 4.06. The molecule has 0 atom stereocenters. The lowest BCUT2D eigenvalue weighted by Crippen LogP contribution is -2.13. The van der Waals surface area contributed by atoms with E-state index in [0.717, 1.165) is 22.8 Å². The minimum atomic E-state index is 0.535. The summed E-state index contributed by atoms with van der Waals surface area (Å²) in [4.78, 5) is 10.8. The number of anilines is 1. The number of benzene rings is 1. The quantitative estimate of drug-likeness (QED) is 0.496. The van der Waals surface area contributed by atoms with E-state index in [2.05, 4.69) is 34.2 Å². The molecule has 0 radical (unpaired) electrons. The van der Waals surface area contributed by atoms with Gasteiger partial charge < -0.3 is 14.2 Å². The second kappa shape index (κ2) is 9.33. The van der Waals surface area contributed by atoms with Gasteiger partial charge >= 0.3 is 0 Å². The zero-order valence-corrected chi connectivity index (χ0v) is 18.4. The minimum Gasteiger partial charge on any atom is -0.472 e. The van der Waals surface area contributed by atoms with Crippen LogP contribution >= 0.6 is 0 Å². The highest BCUT2D eigenvalue weighted by atomic mass is 16.5. The van der Waals surface area contributed by atoms with Gasteiger partial charge in [0.25, 0.3) is 0 Å². The molecule has 3 aromatic rings. The lowest BCUT2D eigenvalue weighted by Gasteiger charge is -2.22. The van der Waals surface area contributed by atoms with Crippen molar-refractivity contribution in [3.63, 3.8) is 0 Å². The third-order valence-corrected chi connectivity index (χ3v) is 5.81. The van der Waals surface area contributed by atoms with Gasteiger partial charge in [0.15, 0.2) is 0 Å². The van der Waals surface area contributed by atoms with Crippen molar-refractivity contribution in [2.24, 2.45) is 0 Å². The molecule has 0 N–H and O–H groups in total. The molecule has 0 bridgehead atoms. The number of rotatable bonds is 2. The van der Waals surface area contributed by atoms with Gasteiger partial charge in [-0.3, -0.25) is 0 Å². The number of aryl methyl sites for hydroxylation is 1. The molecule has 1 aliphatic carbocycles. The van der Waals surface area contributed by atoms with E-state index in [1.54, 1.807) is 0 Å². The largest absolute Gasteiger partial charge is 0.472 e. The number of nitrogens with zero attached hydrogens (tertiary/aromatic N) is 4. The minimum absolute atomic E-state index is 0.535. The van der Waals surface area contributed by atoms with E-state index in [1.165, 1.54) is 56.1 Å². The Hall–Kier alpha value is -2.82. The maximum absolute atomic E-state index is 5.87. The molecule has 1 aliphatic heterocycles. The van der Waals surface area contributed by atoms with E-state index in [1.807, 2.05) is 49.1 Å². The zero-order valence-electron chi connectivity index (χ0n) is 18.4. The van der Waals surface area contributed by atoms with Crippen molar-refractivity contribution in [2.75, 3.05) is 19.0 Å². The molecule has 5 heteroatoms. The number of ether oxygens (including phenoxy) is 1. The topological polar surface area (TPSA) is 43.2 Å². The van der Waals surface area contributed by atoms with Crippen molar-refractivity contribution in [1.82, 2.24) is 14.5 Å². The summed E-state index contributed by atoms with van der Waals surface area (Å²) in [5, 5.41) is 0. The molecule has 0 saturated heterocycles. The lowest BCUT2D eigenvalue weighted by atomic mass is 9.98. The van der Waals surface area contributed by atoms with Crippen LogP contribution in [-0.4, -0.2) is 28.6 Å². The highest BCUT2D eigenvalue weighted by molar-refractivity contribution is 5.75. The molecular formula is C25H32N4O. The van der Waals surface area contributed by atoms with Crippen LogP contribution in [0.25, 0.3) is 16.8 Å². The van der Waals surface area contributed by atoms with Crippen molar-refractivity contribution < 1.29 is 4.74 Å². The van der Waals surface area contributed by atoms with E-state index in [-0.39, 0.29) is 0 Å². The first-order chi connectivity index (χ1) is 14.6. The second-order valence-corrected chi connectivity index (χ2v) is 8.44. The molecule has 2 aromatic heterocycles. The maximum atomic E-state index is 5.87. The Morgan fingerprint density at radius 1 is 0.900 bits per heavy atom. The van der Waals surface area contributed by atoms with Crippen LogP contribution in [0.15, 0.2) is 42.9 Å². The summed E-state index contributed by atoms with van der Waals surface area (Å²) in [6.45, 7) is 2.52. The standard InChI is InChI=1S/C18H18N4O.C7H14/c1-12-9-22(11-19-12)14-4-5-15-13(8-14)10-23-18-16(15)6-7-17(20-18)21(2)3;1-2-4-6-7-5-3-1/h4-9,11H,10H2,1-3H3;1-7H2. The van der Waals surface area contributed by atoms with Crippen LogP contribution in [-0.2, 0) is 6.61 Å². The van der Waals surface area contributed by atoms with Gasteiger partial charge in [0.2, 0.25) is 5.88 Å². The molecule has 5 rings (SSSR count). The fraction of sp³-hybridized carbons (Fsp3) is 0.440. The molecule has 0 spiro atoms. The number of aromatic nitrogens is 3. The predicted molar refractivity (Wildman–Crippen MR) is 123 cm³/mol. The van der Waals surface area contributed by atoms with Crippen LogP contribution in [0.4, 0.5) is 5.82 Å². The van der Waals surface area contributed by atoms with Gasteiger partial charge in [0, 0.05) is 31.5 Å². The van der Waals surface area contributed by atoms with Crippen molar-refractivity contribution in [1.29, 1.82) is 0 Å². The molecule has 1 fully saturated rings. The molecule has 1 saturated carbocycles. The number of fused-ring (bicyclic) bond motifs is 3. The Labute approximate surface area is 179 Å². The summed E-state index contributed by atoms with van der Waals surface area (Å²) in [7, 11) is 3.95. The van der Waals surface area contributed by atoms with Gasteiger partial charge in [-0.1, -0.05) is 51.0 Å². The average Bonchev–Trinajstić information content (AvgIpc) is 3.00. The van der Waals surface area contributed by atoms with Gasteiger partial charge in [-0.2, -0.15) is 4.98 Å². The predicted octanol–water partition coefficient (Wildman–Crippen LogP) is 5.93. The SMILES string of the molecule is C1CCCCCC1.Cc1cn(-c2ccc3c(c2)COc2nc(N(C)C)ccc2-3)cn1. The molecule has 2 aliphatic rings. The van der Waals surface area contributed by atoms with Gasteiger partial charge in [-0.05, 0) is 42.3 Å². The molecule has 158 valence electrons. The molecule has 0 amide bonds. The Bertz CT molecular complexity index is 973. The normalized spacial score (nSPS) is 15.0. The third kappa shape index (κ3) is 4.66. The highest BCUT2D eigenvalue weighted by Crippen LogP contribution is 2.38. The molecule has 0 unspecified atom stereocenters. The monoisotopic (exact) mass is 404 g/mol. The average molecular weight is 405 g/mol. The van der Waals surface area contributed by atoms with Crippen LogP contribution in [0.1, 0.15) is 56.2 Å². The Kier molecular flexibility index (Phi) is 6.36. The van der Waals surface area contributed by atoms with Crippen LogP contribution in [0.2, 0.25) is 0 Å². The van der Waals surface area contributed by atoms with Gasteiger partial charge in [-0.15, -0.1) is 0 Å². The summed E-state index contributed by atoms with van der Waals surface area (Å²) in [6.07, 6.45) is 14.4. The first-order valence-electron chi connectivity index (χ1n) is 11.1. The summed E-state index contributed by atoms with van der Waals surface area (Å²) in [5.41, 5.74) is 5.50. The molecule has 5 nitrogen and oxygen atoms in total. The first kappa shape index (κ1) is 20.5. The molecule has 3 heterocycles. The fourth-order valence-corrected chi connectivity index (χ4v) is 4.06. The first-order valence-corrected chi connectivity index (χ1v) is 11.1. The summed E-state index contributed by atoms with van der Waals surface area (Å²) >= 11 is 0. The van der Waals surface area contributed by atoms with Crippen molar-refractivity contribution in [3.8, 4) is 22.7 Å². The molecule has 1 aromatic carbocycles. The van der Waals surface area contributed by atoms with Gasteiger partial charge in [-0.25, -0.2) is 4.98 Å². The van der Waals surface area contributed by atoms with E-state index in [4.69, 9.17) is 4.74 Å². The number of hydrogen-bond donors (Lipinski definition) is 0. The van der Waals surface area contributed by atoms with Gasteiger partial charge in [0.1, 0.15) is 12.4 Å². The summed E-state index contributed by atoms with van der Waals surface area (Å²) in [5.74, 6) is 1.60. The third-order valence-electron chi connectivity index (χ3n) is 5.81. The summed E-state index contributed by atoms with van der Waals surface area (Å²) in [6, 6.07) is 10.5. The number of imidazole rings is 1. The Balaban J connectivity index is 0.000000265. The van der Waals surface area contributed by atoms with Crippen LogP contribution in [0.5, 0.6) is 5.88 Å². The summed E-state index contributed by atoms with van der Waals surface area (Å²) < 4.78 is 7.90. The van der Waals surface area contributed by atoms with Crippen LogP contribution in [0, 0.1) is 6.92 Å². The maximum Gasteiger partial charge on any atom is 0.223 e. The van der Waals surface area contributed by atoms with E-state index >= 15 is 0 Å². The van der Waals surface area contributed by atoms with E-state index in [9.17, 15) is 0 Å². The van der Waals surface area contributed by atoms with Crippen LogP contribution < -0.4 is 9.64 Å². The smallest absolute Gasteiger partial charge is 0.223 e. The lowest BCUT2D eigenvalue weighted by molar-refractivity contribution is 0.290. The van der Waals surface area contributed by atoms with Gasteiger partial charge in [0.05, 0.1) is 12.0 Å². The van der Waals surface area contributed by atoms with Crippen LogP contribution in [0.3, 0.4) is 0 Å². The van der Waals surface area contributed by atoms with Crippen molar-refractivity contribution in [2.45, 2.75) is 58.5 Å². The molecule has 30 heavy (non-hydrogen) atoms. The van der Waals surface area contributed by atoms with E-state index < -0.39 is 0 Å². The number of pyridine rings is 1. The number of hydrogen-bond acceptors (Lipinski definition) is 4. The second-order valence-electron chi connectivity index (χ2n) is 8.44. The van der Waals surface area contributed by atoms with Crippen molar-refractivity contribution in [3.05, 3.63) is 54.1 Å². The Morgan fingerprint density at radius 3 is 2.17 bits per heavy atom. The van der Waals surface area contributed by atoms with E-state index in [0.29, 0.717) is 12.5 Å². The molecular weight excluding hydrogens is 372 g/mol. The zero-order chi connectivity index (χ0) is 20.9. The highest BCUT2D eigenvalue weighted by Gasteiger charge is 2.20. The Morgan fingerprint density at radius 2 is 1.57 bits per heavy atom. The van der Waals surface area contributed by atoms with Crippen molar-refractivity contribution >= 4 is 5.82 Å².